The normalized spacial score (nSPS) is 11.5. The number of hydrogen-bond acceptors (Lipinski definition) is 9. The zero-order valence-corrected chi connectivity index (χ0v) is 79.6. The van der Waals surface area contributed by atoms with Gasteiger partial charge in [0, 0.05) is 81.9 Å². The van der Waals surface area contributed by atoms with E-state index in [0.717, 1.165) is 182 Å². The highest BCUT2D eigenvalue weighted by molar-refractivity contribution is 6.26. The Morgan fingerprint density at radius 2 is 0.340 bits per heavy atom. The van der Waals surface area contributed by atoms with Crippen LogP contribution in [0.2, 0.25) is 0 Å². The van der Waals surface area contributed by atoms with Crippen molar-refractivity contribution in [2.45, 2.75) is 0 Å². The fraction of sp³-hybridized carbons (Fsp3) is 0. The summed E-state index contributed by atoms with van der Waals surface area (Å²) in [4.78, 5) is 31.1. The average molecular weight is 1880 g/mol. The van der Waals surface area contributed by atoms with Crippen LogP contribution < -0.4 is 0 Å². The molecule has 0 fully saturated rings. The number of nitrogens with zero attached hydrogens (tertiary/aromatic N) is 6. The maximum atomic E-state index is 6.48. The van der Waals surface area contributed by atoms with E-state index in [1.807, 2.05) is 103 Å². The van der Waals surface area contributed by atoms with Crippen LogP contribution in [0.15, 0.2) is 535 Å². The number of aromatic nitrogens is 6. The van der Waals surface area contributed by atoms with Gasteiger partial charge in [0.1, 0.15) is 33.3 Å². The monoisotopic (exact) mass is 1870 g/mol. The van der Waals surface area contributed by atoms with E-state index in [1.165, 1.54) is 88.0 Å². The van der Waals surface area contributed by atoms with Gasteiger partial charge in [0.2, 0.25) is 0 Å². The zero-order chi connectivity index (χ0) is 97.2. The Bertz CT molecular complexity index is 10200. The quantitative estimate of drug-likeness (QED) is 0.0981. The number of benzene rings is 23. The highest BCUT2D eigenvalue weighted by Crippen LogP contribution is 2.47. The second-order valence-corrected chi connectivity index (χ2v) is 37.3. The van der Waals surface area contributed by atoms with E-state index < -0.39 is 0 Å². The summed E-state index contributed by atoms with van der Waals surface area (Å²) in [6, 6.07) is 183. The van der Waals surface area contributed by atoms with E-state index in [9.17, 15) is 0 Å². The van der Waals surface area contributed by atoms with Gasteiger partial charge in [-0.15, -0.1) is 0 Å². The minimum Gasteiger partial charge on any atom is -0.454 e. The maximum absolute atomic E-state index is 6.48. The van der Waals surface area contributed by atoms with Crippen molar-refractivity contribution >= 4 is 131 Å². The van der Waals surface area contributed by atoms with Gasteiger partial charge in [-0.3, -0.25) is 0 Å². The molecule has 147 heavy (non-hydrogen) atoms. The van der Waals surface area contributed by atoms with Gasteiger partial charge in [0.25, 0.3) is 0 Å². The topological polar surface area (TPSA) is 117 Å². The van der Waals surface area contributed by atoms with E-state index in [-0.39, 0.29) is 0 Å². The van der Waals surface area contributed by atoms with Crippen molar-refractivity contribution in [2.24, 2.45) is 0 Å². The van der Waals surface area contributed by atoms with Crippen molar-refractivity contribution in [1.29, 1.82) is 0 Å². The summed E-state index contributed by atoms with van der Waals surface area (Å²) in [6.07, 6.45) is 0. The SMILES string of the molecule is c1ccc(-c2ccc(-c3cccc(-c4cccc(-c5nc(-c6ccccc6)nc6c5ccc5c7ccccc7oc56)c4)c3)cc2)cc1.c1ccc(-c2ccccc2-c2cccc(-c3cccc(-c4nc(-c5ccccc5)c5ccc6c7ccccc7oc6c5n4)c3)c2)cc1.c1ccc(-c2nc(-c3cccc(-c4cccc(-c5ccc6c7ccccc7c7ccccc7c6c5)c4)c3)nc3c2ccc2c4ccccc4oc23)cc1. The van der Waals surface area contributed by atoms with E-state index in [4.69, 9.17) is 43.2 Å². The first-order chi connectivity index (χ1) is 72.8. The second kappa shape index (κ2) is 37.0. The summed E-state index contributed by atoms with van der Waals surface area (Å²) in [5, 5.41) is 17.0. The predicted octanol–water partition coefficient (Wildman–Crippen LogP) is 37.4. The molecule has 0 N–H and O–H groups in total. The first kappa shape index (κ1) is 86.4. The molecule has 0 radical (unpaired) electrons. The standard InChI is InChI=1S/C50H30N2O.2C44H28N2O/c1-2-12-31(13-3-1)47-44-27-26-43-42-22-8-9-23-46(42)53-49(43)48(44)52-50(51-47)36-17-11-16-34(29-36)32-14-10-15-33(28-32)35-24-25-41-39-20-5-4-18-37(39)38-19-6-7-21-40(38)45(41)30-35;1-3-11-29(12-4-1)30-21-23-31(24-22-30)33-15-9-16-34(27-33)35-17-10-18-36(28-35)41-39-26-25-38-37-19-7-8-20-40(37)47-43(38)42(39)46-44(45-41)32-13-5-2-6-14-32;1-3-13-29(14-4-1)35-21-7-8-22-36(35)33-19-11-17-31(27-33)32-18-12-20-34(28-32)44-45-41(30-15-5-2-6-16-30)39-26-25-38-37-23-9-10-24-40(37)47-43(38)42(39)46-44/h1-30H;2*1-28H. The smallest absolute Gasteiger partial charge is 0.161 e. The fourth-order valence-corrected chi connectivity index (χ4v) is 21.3. The van der Waals surface area contributed by atoms with Crippen LogP contribution in [-0.4, -0.2) is 29.9 Å². The Hall–Kier alpha value is -19.7. The summed E-state index contributed by atoms with van der Waals surface area (Å²) in [6.45, 7) is 0. The molecule has 0 aliphatic carbocycles. The van der Waals surface area contributed by atoms with Crippen LogP contribution in [0.4, 0.5) is 0 Å². The van der Waals surface area contributed by atoms with Gasteiger partial charge in [-0.25, -0.2) is 29.9 Å². The molecule has 0 amide bonds. The number of furan rings is 3. The Labute approximate surface area is 846 Å². The number of rotatable bonds is 14. The molecule has 29 rings (SSSR count). The third kappa shape index (κ3) is 16.1. The molecular formula is C138H86N6O3. The molecule has 0 atom stereocenters. The van der Waals surface area contributed by atoms with Crippen LogP contribution in [0.5, 0.6) is 0 Å². The summed E-state index contributed by atoms with van der Waals surface area (Å²) in [5.41, 5.74) is 34.7. The highest BCUT2D eigenvalue weighted by atomic mass is 16.3. The van der Waals surface area contributed by atoms with Gasteiger partial charge in [-0.1, -0.05) is 425 Å². The first-order valence-corrected chi connectivity index (χ1v) is 49.6. The molecule has 0 saturated heterocycles. The van der Waals surface area contributed by atoms with Crippen molar-refractivity contribution in [1.82, 2.24) is 29.9 Å². The Morgan fingerprint density at radius 1 is 0.116 bits per heavy atom. The van der Waals surface area contributed by atoms with Crippen LogP contribution in [0, 0.1) is 0 Å². The first-order valence-electron chi connectivity index (χ1n) is 49.6. The number of fused-ring (bicyclic) bond motifs is 21. The van der Waals surface area contributed by atoms with Gasteiger partial charge in [-0.2, -0.15) is 0 Å². The van der Waals surface area contributed by atoms with Crippen LogP contribution >= 0.6 is 0 Å². The molecule has 29 aromatic rings. The molecule has 0 aliphatic rings. The average Bonchev–Trinajstić information content (AvgIpc) is 1.74. The lowest BCUT2D eigenvalue weighted by atomic mass is 9.91. The predicted molar refractivity (Wildman–Crippen MR) is 609 cm³/mol. The van der Waals surface area contributed by atoms with E-state index in [1.54, 1.807) is 0 Å². The highest BCUT2D eigenvalue weighted by Gasteiger charge is 2.25. The fourth-order valence-electron chi connectivity index (χ4n) is 21.3. The molecule has 0 spiro atoms. The Kier molecular flexibility index (Phi) is 21.8. The van der Waals surface area contributed by atoms with Gasteiger partial charge in [0.05, 0.1) is 17.1 Å². The molecule has 0 unspecified atom stereocenters. The molecule has 9 nitrogen and oxygen atoms in total. The minimum atomic E-state index is 0.663. The second-order valence-electron chi connectivity index (χ2n) is 37.3. The van der Waals surface area contributed by atoms with E-state index >= 15 is 0 Å². The van der Waals surface area contributed by atoms with Crippen molar-refractivity contribution in [3.8, 4) is 157 Å². The third-order valence-corrected chi connectivity index (χ3v) is 28.5. The Morgan fingerprint density at radius 3 is 0.741 bits per heavy atom. The lowest BCUT2D eigenvalue weighted by Crippen LogP contribution is -1.96. The lowest BCUT2D eigenvalue weighted by Gasteiger charge is -2.13. The molecule has 9 heteroatoms. The molecule has 686 valence electrons. The largest absolute Gasteiger partial charge is 0.454 e. The van der Waals surface area contributed by atoms with Crippen LogP contribution in [-0.2, 0) is 0 Å². The van der Waals surface area contributed by atoms with Gasteiger partial charge in [-0.05, 0) is 218 Å². The molecule has 23 aromatic carbocycles. The van der Waals surface area contributed by atoms with E-state index in [2.05, 4.69) is 419 Å². The van der Waals surface area contributed by atoms with Gasteiger partial charge < -0.3 is 13.3 Å². The summed E-state index contributed by atoms with van der Waals surface area (Å²) >= 11 is 0. The van der Waals surface area contributed by atoms with Crippen molar-refractivity contribution in [3.63, 3.8) is 0 Å². The molecule has 6 heterocycles. The molecular weight excluding hydrogens is 1790 g/mol. The molecule has 0 saturated carbocycles. The summed E-state index contributed by atoms with van der Waals surface area (Å²) in [7, 11) is 0. The van der Waals surface area contributed by atoms with Crippen LogP contribution in [0.3, 0.4) is 0 Å². The van der Waals surface area contributed by atoms with Crippen LogP contribution in [0.1, 0.15) is 0 Å². The van der Waals surface area contributed by atoms with Crippen molar-refractivity contribution in [2.75, 3.05) is 0 Å². The molecule has 6 aromatic heterocycles. The third-order valence-electron chi connectivity index (χ3n) is 28.5. The number of hydrogen-bond donors (Lipinski definition) is 0. The Balaban J connectivity index is 0.000000109. The van der Waals surface area contributed by atoms with Crippen molar-refractivity contribution in [3.05, 3.63) is 522 Å². The number of para-hydroxylation sites is 3. The van der Waals surface area contributed by atoms with Gasteiger partial charge in [0.15, 0.2) is 34.2 Å². The maximum Gasteiger partial charge on any atom is 0.161 e. The van der Waals surface area contributed by atoms with Gasteiger partial charge >= 0.3 is 0 Å². The van der Waals surface area contributed by atoms with E-state index in [0.29, 0.717) is 17.5 Å². The van der Waals surface area contributed by atoms with Crippen LogP contribution in [0.25, 0.3) is 288 Å². The minimum absolute atomic E-state index is 0.663. The molecule has 0 bridgehead atoms. The lowest BCUT2D eigenvalue weighted by molar-refractivity contribution is 0.671. The summed E-state index contributed by atoms with van der Waals surface area (Å²) in [5.74, 6) is 2.00. The summed E-state index contributed by atoms with van der Waals surface area (Å²) < 4.78 is 19.4. The zero-order valence-electron chi connectivity index (χ0n) is 79.6. The van der Waals surface area contributed by atoms with Crippen molar-refractivity contribution < 1.29 is 13.3 Å². The molecule has 0 aliphatic heterocycles.